The fourth-order valence-corrected chi connectivity index (χ4v) is 6.84. The first-order valence-corrected chi connectivity index (χ1v) is 11.6. The average molecular weight is 400 g/mol. The van der Waals surface area contributed by atoms with E-state index in [1.165, 1.54) is 4.67 Å². The van der Waals surface area contributed by atoms with Crippen LogP contribution in [0.3, 0.4) is 0 Å². The number of carbonyl (C=O) groups excluding carboxylic acids is 1. The van der Waals surface area contributed by atoms with E-state index in [-0.39, 0.29) is 18.0 Å². The third-order valence-electron chi connectivity index (χ3n) is 4.69. The van der Waals surface area contributed by atoms with Crippen LogP contribution in [0.5, 0.6) is 0 Å². The van der Waals surface area contributed by atoms with E-state index in [1.54, 1.807) is 11.3 Å². The van der Waals surface area contributed by atoms with Crippen molar-refractivity contribution in [1.82, 2.24) is 9.65 Å². The van der Waals surface area contributed by atoms with Crippen molar-refractivity contribution in [1.29, 1.82) is 0 Å². The van der Waals surface area contributed by atoms with E-state index in [0.29, 0.717) is 19.6 Å². The van der Waals surface area contributed by atoms with Gasteiger partial charge in [0.1, 0.15) is 0 Å². The first kappa shape index (κ1) is 18.4. The van der Waals surface area contributed by atoms with E-state index < -0.39 is 7.52 Å². The largest absolute Gasteiger partial charge is 0.313 e. The monoisotopic (exact) mass is 400 g/mol. The number of amides is 1. The predicted molar refractivity (Wildman–Crippen MR) is 108 cm³/mol. The van der Waals surface area contributed by atoms with Gasteiger partial charge in [0.15, 0.2) is 0 Å². The van der Waals surface area contributed by atoms with Crippen LogP contribution in [0.15, 0.2) is 54.6 Å². The molecule has 1 amide bonds. The zero-order valence-corrected chi connectivity index (χ0v) is 16.8. The zero-order chi connectivity index (χ0) is 18.9. The Kier molecular flexibility index (Phi) is 5.13. The van der Waals surface area contributed by atoms with Crippen LogP contribution in [-0.2, 0) is 20.0 Å². The number of nitrogens with zero attached hydrogens (tertiary/aromatic N) is 2. The van der Waals surface area contributed by atoms with Gasteiger partial charge < -0.3 is 4.52 Å². The first-order chi connectivity index (χ1) is 13.1. The maximum atomic E-state index is 13.6. The molecule has 2 aromatic carbocycles. The minimum Gasteiger partial charge on any atom is -0.313 e. The van der Waals surface area contributed by atoms with Crippen LogP contribution in [0.4, 0.5) is 0 Å². The molecule has 1 aliphatic heterocycles. The van der Waals surface area contributed by atoms with Crippen molar-refractivity contribution in [3.8, 4) is 0 Å². The molecule has 1 aliphatic rings. The molecule has 140 valence electrons. The third-order valence-corrected chi connectivity index (χ3v) is 8.43. The molecule has 1 aromatic heterocycles. The Morgan fingerprint density at radius 1 is 1.19 bits per heavy atom. The van der Waals surface area contributed by atoms with Gasteiger partial charge >= 0.3 is 7.52 Å². The van der Waals surface area contributed by atoms with Gasteiger partial charge in [-0.3, -0.25) is 14.0 Å². The molecular formula is C20H21N2O3PS. The Hall–Kier alpha value is -2.01. The van der Waals surface area contributed by atoms with Gasteiger partial charge in [-0.2, -0.15) is 0 Å². The molecule has 0 bridgehead atoms. The zero-order valence-electron chi connectivity index (χ0n) is 15.1. The molecule has 27 heavy (non-hydrogen) atoms. The lowest BCUT2D eigenvalue weighted by atomic mass is 10.1. The van der Waals surface area contributed by atoms with Crippen molar-refractivity contribution in [2.24, 2.45) is 0 Å². The minimum atomic E-state index is -3.28. The molecule has 4 rings (SSSR count). The molecule has 1 fully saturated rings. The number of hydrogen-bond acceptors (Lipinski definition) is 5. The Morgan fingerprint density at radius 2 is 1.93 bits per heavy atom. The highest BCUT2D eigenvalue weighted by Crippen LogP contribution is 2.57. The van der Waals surface area contributed by atoms with Gasteiger partial charge in [-0.05, 0) is 24.6 Å². The third kappa shape index (κ3) is 3.70. The molecule has 2 unspecified atom stereocenters. The fourth-order valence-electron chi connectivity index (χ4n) is 3.43. The lowest BCUT2D eigenvalue weighted by Crippen LogP contribution is -2.24. The summed E-state index contributed by atoms with van der Waals surface area (Å²) in [5.41, 5.74) is 1.85. The molecule has 5 nitrogen and oxygen atoms in total. The SMILES string of the molecule is CCOP(=O)(Cc1ccccc1)N1CC(c2nc3ccccc3s2)CC1=O. The molecule has 1 saturated heterocycles. The van der Waals surface area contributed by atoms with Crippen LogP contribution in [0.1, 0.15) is 29.8 Å². The second-order valence-corrected chi connectivity index (χ2v) is 9.99. The van der Waals surface area contributed by atoms with E-state index >= 15 is 0 Å². The standard InChI is InChI=1S/C20H21N2O3PS/c1-2-25-26(24,14-15-8-4-3-5-9-15)22-13-16(12-19(22)23)20-21-17-10-6-7-11-18(17)27-20/h3-11,16H,2,12-14H2,1H3. The summed E-state index contributed by atoms with van der Waals surface area (Å²) in [5.74, 6) is -0.161. The molecule has 0 saturated carbocycles. The Bertz CT molecular complexity index is 972. The molecule has 2 heterocycles. The smallest absolute Gasteiger partial charge is 0.302 e. The number of carbonyl (C=O) groups is 1. The van der Waals surface area contributed by atoms with Crippen LogP contribution >= 0.6 is 18.9 Å². The second-order valence-electron chi connectivity index (χ2n) is 6.60. The predicted octanol–water partition coefficient (Wildman–Crippen LogP) is 5.04. The second kappa shape index (κ2) is 7.55. The fraction of sp³-hybridized carbons (Fsp3) is 0.300. The Balaban J connectivity index is 1.60. The summed E-state index contributed by atoms with van der Waals surface area (Å²) in [4.78, 5) is 17.4. The van der Waals surface area contributed by atoms with Gasteiger partial charge in [-0.25, -0.2) is 4.98 Å². The molecule has 0 N–H and O–H groups in total. The van der Waals surface area contributed by atoms with Crippen molar-refractivity contribution in [3.63, 3.8) is 0 Å². The van der Waals surface area contributed by atoms with Crippen LogP contribution in [-0.4, -0.2) is 28.7 Å². The van der Waals surface area contributed by atoms with E-state index in [4.69, 9.17) is 4.52 Å². The van der Waals surface area contributed by atoms with E-state index in [2.05, 4.69) is 4.98 Å². The lowest BCUT2D eigenvalue weighted by molar-refractivity contribution is -0.124. The molecule has 2 atom stereocenters. The van der Waals surface area contributed by atoms with Gasteiger partial charge in [-0.1, -0.05) is 42.5 Å². The maximum Gasteiger partial charge on any atom is 0.302 e. The van der Waals surface area contributed by atoms with Crippen LogP contribution < -0.4 is 0 Å². The highest BCUT2D eigenvalue weighted by Gasteiger charge is 2.43. The average Bonchev–Trinajstić information content (AvgIpc) is 3.26. The molecule has 0 spiro atoms. The van der Waals surface area contributed by atoms with Gasteiger partial charge in [0.2, 0.25) is 5.91 Å². The highest BCUT2D eigenvalue weighted by molar-refractivity contribution is 7.56. The summed E-state index contributed by atoms with van der Waals surface area (Å²) in [7, 11) is -3.28. The van der Waals surface area contributed by atoms with E-state index in [0.717, 1.165) is 20.8 Å². The number of para-hydroxylation sites is 1. The van der Waals surface area contributed by atoms with Crippen molar-refractivity contribution >= 4 is 35.0 Å². The quantitative estimate of drug-likeness (QED) is 0.544. The number of hydrogen-bond donors (Lipinski definition) is 0. The summed E-state index contributed by atoms with van der Waals surface area (Å²) < 4.78 is 21.9. The lowest BCUT2D eigenvalue weighted by Gasteiger charge is -2.27. The Morgan fingerprint density at radius 3 is 2.67 bits per heavy atom. The number of thiazole rings is 1. The van der Waals surface area contributed by atoms with Crippen molar-refractivity contribution < 1.29 is 13.9 Å². The number of benzene rings is 2. The van der Waals surface area contributed by atoms with Gasteiger partial charge in [0, 0.05) is 18.9 Å². The number of rotatable bonds is 6. The number of fused-ring (bicyclic) bond motifs is 1. The van der Waals surface area contributed by atoms with Crippen molar-refractivity contribution in [2.45, 2.75) is 25.4 Å². The summed E-state index contributed by atoms with van der Waals surface area (Å²) in [6.45, 7) is 2.51. The van der Waals surface area contributed by atoms with Crippen LogP contribution in [0, 0.1) is 0 Å². The van der Waals surface area contributed by atoms with Crippen LogP contribution in [0.2, 0.25) is 0 Å². The summed E-state index contributed by atoms with van der Waals surface area (Å²) >= 11 is 1.61. The maximum absolute atomic E-state index is 13.6. The van der Waals surface area contributed by atoms with Gasteiger partial charge in [0.25, 0.3) is 0 Å². The van der Waals surface area contributed by atoms with Crippen molar-refractivity contribution in [3.05, 3.63) is 65.2 Å². The van der Waals surface area contributed by atoms with Crippen molar-refractivity contribution in [2.75, 3.05) is 13.2 Å². The van der Waals surface area contributed by atoms with Crippen LogP contribution in [0.25, 0.3) is 10.2 Å². The van der Waals surface area contributed by atoms with E-state index in [9.17, 15) is 9.36 Å². The molecule has 3 aromatic rings. The summed E-state index contributed by atoms with van der Waals surface area (Å²) in [5, 5.41) is 0.926. The molecular weight excluding hydrogens is 379 g/mol. The first-order valence-electron chi connectivity index (χ1n) is 9.03. The number of aromatic nitrogens is 1. The summed E-state index contributed by atoms with van der Waals surface area (Å²) in [6, 6.07) is 17.5. The topological polar surface area (TPSA) is 59.5 Å². The van der Waals surface area contributed by atoms with Gasteiger partial charge in [0.05, 0.1) is 28.0 Å². The minimum absolute atomic E-state index is 0.0422. The molecule has 7 heteroatoms. The molecule has 0 radical (unpaired) electrons. The molecule has 0 aliphatic carbocycles. The highest BCUT2D eigenvalue weighted by atomic mass is 32.1. The van der Waals surface area contributed by atoms with Gasteiger partial charge in [-0.15, -0.1) is 11.3 Å². The summed E-state index contributed by atoms with van der Waals surface area (Å²) in [6.07, 6.45) is 0.561. The normalized spacial score (nSPS) is 19.5. The Labute approximate surface area is 162 Å². The van der Waals surface area contributed by atoms with E-state index in [1.807, 2.05) is 61.5 Å².